The Hall–Kier alpha value is -2.44. The van der Waals surface area contributed by atoms with E-state index in [1.54, 1.807) is 19.1 Å². The molecule has 1 aromatic heterocycles. The predicted molar refractivity (Wildman–Crippen MR) is 69.6 cm³/mol. The molecule has 1 heterocycles. The molecule has 2 rings (SSSR count). The molecule has 106 valence electrons. The Labute approximate surface area is 115 Å². The van der Waals surface area contributed by atoms with Crippen LogP contribution in [0.15, 0.2) is 36.9 Å². The second kappa shape index (κ2) is 6.65. The first kappa shape index (κ1) is 14.0. The van der Waals surface area contributed by atoms with Crippen molar-refractivity contribution < 1.29 is 13.9 Å². The van der Waals surface area contributed by atoms with Crippen LogP contribution in [0.25, 0.3) is 0 Å². The first-order chi connectivity index (χ1) is 9.66. The summed E-state index contributed by atoms with van der Waals surface area (Å²) in [6.07, 6.45) is 2.85. The van der Waals surface area contributed by atoms with Gasteiger partial charge in [0.2, 0.25) is 5.91 Å². The predicted octanol–water partition coefficient (Wildman–Crippen LogP) is 1.17. The van der Waals surface area contributed by atoms with Crippen molar-refractivity contribution in [3.63, 3.8) is 0 Å². The topological polar surface area (TPSA) is 69.0 Å². The van der Waals surface area contributed by atoms with Crippen LogP contribution < -0.4 is 10.1 Å². The summed E-state index contributed by atoms with van der Waals surface area (Å²) in [4.78, 5) is 15.6. The monoisotopic (exact) mass is 278 g/mol. The van der Waals surface area contributed by atoms with Crippen LogP contribution in [0.5, 0.6) is 5.75 Å². The maximum atomic E-state index is 12.9. The van der Waals surface area contributed by atoms with Crippen molar-refractivity contribution in [3.05, 3.63) is 42.7 Å². The van der Waals surface area contributed by atoms with Gasteiger partial charge in [-0.15, -0.1) is 0 Å². The van der Waals surface area contributed by atoms with E-state index in [1.807, 2.05) is 0 Å². The summed E-state index contributed by atoms with van der Waals surface area (Å²) in [5.74, 6) is -0.103. The van der Waals surface area contributed by atoms with Gasteiger partial charge in [0, 0.05) is 6.07 Å². The number of nitrogens with zero attached hydrogens (tertiary/aromatic N) is 3. The van der Waals surface area contributed by atoms with Gasteiger partial charge in [-0.2, -0.15) is 5.10 Å². The van der Waals surface area contributed by atoms with Gasteiger partial charge in [-0.05, 0) is 19.1 Å². The highest BCUT2D eigenvalue weighted by Crippen LogP contribution is 2.11. The van der Waals surface area contributed by atoms with Crippen molar-refractivity contribution in [1.82, 2.24) is 20.1 Å². The minimum Gasteiger partial charge on any atom is -0.492 e. The van der Waals surface area contributed by atoms with E-state index < -0.39 is 6.04 Å². The number of amides is 1. The highest BCUT2D eigenvalue weighted by atomic mass is 19.1. The lowest BCUT2D eigenvalue weighted by atomic mass is 10.3. The fourth-order valence-corrected chi connectivity index (χ4v) is 1.59. The zero-order valence-corrected chi connectivity index (χ0v) is 11.0. The smallest absolute Gasteiger partial charge is 0.244 e. The maximum Gasteiger partial charge on any atom is 0.244 e. The van der Waals surface area contributed by atoms with Crippen LogP contribution in [0.2, 0.25) is 0 Å². The van der Waals surface area contributed by atoms with Crippen molar-refractivity contribution >= 4 is 5.91 Å². The van der Waals surface area contributed by atoms with Gasteiger partial charge in [0.05, 0.1) is 6.54 Å². The molecule has 0 bridgehead atoms. The van der Waals surface area contributed by atoms with E-state index in [0.717, 1.165) is 0 Å². The molecule has 6 nitrogen and oxygen atoms in total. The lowest BCUT2D eigenvalue weighted by Crippen LogP contribution is -2.34. The number of benzene rings is 1. The Kier molecular flexibility index (Phi) is 4.65. The standard InChI is InChI=1S/C13H15FN4O2/c1-10(18-9-15-8-17-18)13(19)16-5-6-20-12-4-2-3-11(14)7-12/h2-4,7-10H,5-6H2,1H3,(H,16,19)/t10-/m0/s1. The van der Waals surface area contributed by atoms with Crippen LogP contribution in [0, 0.1) is 5.82 Å². The fourth-order valence-electron chi connectivity index (χ4n) is 1.59. The molecule has 0 saturated heterocycles. The maximum absolute atomic E-state index is 12.9. The summed E-state index contributed by atoms with van der Waals surface area (Å²) in [7, 11) is 0. The molecular weight excluding hydrogens is 263 g/mol. The molecule has 0 aliphatic carbocycles. The number of carbonyl (C=O) groups is 1. The lowest BCUT2D eigenvalue weighted by Gasteiger charge is -2.12. The molecule has 0 fully saturated rings. The number of hydrogen-bond acceptors (Lipinski definition) is 4. The van der Waals surface area contributed by atoms with Gasteiger partial charge >= 0.3 is 0 Å². The van der Waals surface area contributed by atoms with Gasteiger partial charge in [0.25, 0.3) is 0 Å². The summed E-state index contributed by atoms with van der Waals surface area (Å²) < 4.78 is 19.7. The molecule has 7 heteroatoms. The Morgan fingerprint density at radius 3 is 3.10 bits per heavy atom. The largest absolute Gasteiger partial charge is 0.492 e. The molecule has 0 aliphatic heterocycles. The SMILES string of the molecule is C[C@@H](C(=O)NCCOc1cccc(F)c1)n1cncn1. The summed E-state index contributed by atoms with van der Waals surface area (Å²) in [5.41, 5.74) is 0. The van der Waals surface area contributed by atoms with Crippen LogP contribution in [0.4, 0.5) is 4.39 Å². The first-order valence-corrected chi connectivity index (χ1v) is 6.17. The van der Waals surface area contributed by atoms with Gasteiger partial charge in [-0.3, -0.25) is 4.79 Å². The van der Waals surface area contributed by atoms with Gasteiger partial charge in [-0.25, -0.2) is 14.1 Å². The third-order valence-electron chi connectivity index (χ3n) is 2.68. The third kappa shape index (κ3) is 3.78. The normalized spacial score (nSPS) is 11.9. The number of rotatable bonds is 6. The minimum absolute atomic E-state index is 0.182. The second-order valence-electron chi connectivity index (χ2n) is 4.15. The quantitative estimate of drug-likeness (QED) is 0.805. The Morgan fingerprint density at radius 2 is 2.40 bits per heavy atom. The van der Waals surface area contributed by atoms with Crippen molar-refractivity contribution in [1.29, 1.82) is 0 Å². The van der Waals surface area contributed by atoms with E-state index in [-0.39, 0.29) is 18.3 Å². The molecule has 1 N–H and O–H groups in total. The highest BCUT2D eigenvalue weighted by molar-refractivity contribution is 5.79. The van der Waals surface area contributed by atoms with Crippen LogP contribution in [0.1, 0.15) is 13.0 Å². The Balaban J connectivity index is 1.72. The number of carbonyl (C=O) groups excluding carboxylic acids is 1. The van der Waals surface area contributed by atoms with E-state index in [1.165, 1.54) is 29.5 Å². The number of halogens is 1. The molecule has 1 amide bonds. The highest BCUT2D eigenvalue weighted by Gasteiger charge is 2.14. The van der Waals surface area contributed by atoms with Crippen molar-refractivity contribution in [3.8, 4) is 5.75 Å². The molecule has 1 atom stereocenters. The van der Waals surface area contributed by atoms with Crippen molar-refractivity contribution in [2.75, 3.05) is 13.2 Å². The van der Waals surface area contributed by atoms with E-state index in [0.29, 0.717) is 12.3 Å². The van der Waals surface area contributed by atoms with E-state index >= 15 is 0 Å². The van der Waals surface area contributed by atoms with Gasteiger partial charge in [-0.1, -0.05) is 6.07 Å². The Morgan fingerprint density at radius 1 is 1.55 bits per heavy atom. The molecule has 1 aromatic carbocycles. The molecular formula is C13H15FN4O2. The number of ether oxygens (including phenoxy) is 1. The average Bonchev–Trinajstić information content (AvgIpc) is 2.96. The number of hydrogen-bond donors (Lipinski definition) is 1. The van der Waals surface area contributed by atoms with E-state index in [2.05, 4.69) is 15.4 Å². The summed E-state index contributed by atoms with van der Waals surface area (Å²) >= 11 is 0. The number of nitrogens with one attached hydrogen (secondary N) is 1. The Bertz CT molecular complexity index is 559. The van der Waals surface area contributed by atoms with Crippen LogP contribution in [-0.2, 0) is 4.79 Å². The molecule has 0 spiro atoms. The zero-order chi connectivity index (χ0) is 14.4. The number of aromatic nitrogens is 3. The van der Waals surface area contributed by atoms with Crippen LogP contribution in [-0.4, -0.2) is 33.8 Å². The molecule has 0 radical (unpaired) electrons. The van der Waals surface area contributed by atoms with Gasteiger partial charge in [0.15, 0.2) is 0 Å². The second-order valence-corrected chi connectivity index (χ2v) is 4.15. The van der Waals surface area contributed by atoms with Gasteiger partial charge in [0.1, 0.15) is 36.9 Å². The molecule has 2 aromatic rings. The van der Waals surface area contributed by atoms with Crippen LogP contribution in [0.3, 0.4) is 0 Å². The van der Waals surface area contributed by atoms with Crippen molar-refractivity contribution in [2.24, 2.45) is 0 Å². The average molecular weight is 278 g/mol. The van der Waals surface area contributed by atoms with Crippen molar-refractivity contribution in [2.45, 2.75) is 13.0 Å². The fraction of sp³-hybridized carbons (Fsp3) is 0.308. The summed E-state index contributed by atoms with van der Waals surface area (Å²) in [5, 5.41) is 6.60. The third-order valence-corrected chi connectivity index (χ3v) is 2.68. The molecule has 0 aliphatic rings. The summed E-state index contributed by atoms with van der Waals surface area (Å²) in [6, 6.07) is 5.42. The van der Waals surface area contributed by atoms with Crippen LogP contribution >= 0.6 is 0 Å². The van der Waals surface area contributed by atoms with E-state index in [9.17, 15) is 9.18 Å². The first-order valence-electron chi connectivity index (χ1n) is 6.17. The molecule has 0 unspecified atom stereocenters. The lowest BCUT2D eigenvalue weighted by molar-refractivity contribution is -0.124. The van der Waals surface area contributed by atoms with Gasteiger partial charge < -0.3 is 10.1 Å². The van der Waals surface area contributed by atoms with E-state index in [4.69, 9.17) is 4.74 Å². The molecule has 0 saturated carbocycles. The summed E-state index contributed by atoms with van der Waals surface area (Å²) in [6.45, 7) is 2.31. The minimum atomic E-state index is -0.438. The zero-order valence-electron chi connectivity index (χ0n) is 11.0. The molecule has 20 heavy (non-hydrogen) atoms.